The second-order valence-electron chi connectivity index (χ2n) is 9.61. The van der Waals surface area contributed by atoms with Crippen LogP contribution in [0.5, 0.6) is 5.88 Å². The molecule has 0 saturated carbocycles. The Morgan fingerprint density at radius 3 is 2.54 bits per heavy atom. The number of imidazole rings is 1. The number of unbranched alkanes of at least 4 members (excludes halogenated alkanes) is 5. The first kappa shape index (κ1) is 29.8. The number of hydrogen-bond donors (Lipinski definition) is 5. The van der Waals surface area contributed by atoms with Crippen LogP contribution in [0.15, 0.2) is 30.6 Å². The van der Waals surface area contributed by atoms with Crippen molar-refractivity contribution >= 4 is 39.7 Å². The molecule has 1 saturated heterocycles. The van der Waals surface area contributed by atoms with Gasteiger partial charge in [0.2, 0.25) is 11.8 Å². The highest BCUT2D eigenvalue weighted by Gasteiger charge is 2.43. The largest absolute Gasteiger partial charge is 0.471 e. The number of halogens is 1. The zero-order valence-corrected chi connectivity index (χ0v) is 23.8. The van der Waals surface area contributed by atoms with Gasteiger partial charge in [0.25, 0.3) is 0 Å². The number of aryl methyl sites for hydroxylation is 1. The van der Waals surface area contributed by atoms with Crippen LogP contribution in [-0.2, 0) is 22.6 Å². The van der Waals surface area contributed by atoms with E-state index in [9.17, 15) is 20.4 Å². The number of rotatable bonds is 14. The monoisotopic (exact) mass is 657 g/mol. The van der Waals surface area contributed by atoms with Crippen LogP contribution in [0.25, 0.3) is 11.2 Å². The quantitative estimate of drug-likeness (QED) is 0.126. The van der Waals surface area contributed by atoms with Crippen molar-refractivity contribution < 1.29 is 34.6 Å². The van der Waals surface area contributed by atoms with Crippen LogP contribution in [0.4, 0.5) is 5.95 Å². The average molecular weight is 658 g/mol. The molecule has 1 aliphatic heterocycles. The molecule has 0 aliphatic carbocycles. The summed E-state index contributed by atoms with van der Waals surface area (Å²) >= 11 is 2.26. The lowest BCUT2D eigenvalue weighted by atomic mass is 9.99. The zero-order chi connectivity index (χ0) is 27.8. The van der Waals surface area contributed by atoms with E-state index in [2.05, 4.69) is 37.5 Å². The van der Waals surface area contributed by atoms with Gasteiger partial charge in [0.15, 0.2) is 17.5 Å². The molecule has 5 atom stereocenters. The molecule has 13 heteroatoms. The first-order valence-electron chi connectivity index (χ1n) is 13.1. The summed E-state index contributed by atoms with van der Waals surface area (Å²) in [6, 6.07) is 8.05. The lowest BCUT2D eigenvalue weighted by molar-refractivity contribution is -0.301. The summed E-state index contributed by atoms with van der Waals surface area (Å²) in [6.07, 6.45) is 1.31. The van der Waals surface area contributed by atoms with E-state index in [-0.39, 0.29) is 5.95 Å². The fourth-order valence-electron chi connectivity index (χ4n) is 4.47. The molecule has 1 aliphatic rings. The van der Waals surface area contributed by atoms with Gasteiger partial charge in [-0.15, -0.1) is 0 Å². The van der Waals surface area contributed by atoms with Crippen molar-refractivity contribution in [2.24, 2.45) is 0 Å². The van der Waals surface area contributed by atoms with Crippen molar-refractivity contribution in [3.63, 3.8) is 0 Å². The molecule has 4 rings (SSSR count). The fourth-order valence-corrected chi connectivity index (χ4v) is 5.08. The van der Waals surface area contributed by atoms with Crippen LogP contribution < -0.4 is 10.5 Å². The van der Waals surface area contributed by atoms with Crippen LogP contribution in [-0.4, -0.2) is 83.9 Å². The number of benzene rings is 1. The average Bonchev–Trinajstić information content (AvgIpc) is 3.33. The van der Waals surface area contributed by atoms with E-state index in [0.717, 1.165) is 54.2 Å². The maximum Gasteiger partial charge on any atom is 0.247 e. The Morgan fingerprint density at radius 2 is 1.77 bits per heavy atom. The minimum atomic E-state index is -1.42. The molecule has 0 amide bonds. The lowest BCUT2D eigenvalue weighted by Gasteiger charge is -2.39. The van der Waals surface area contributed by atoms with Crippen LogP contribution in [0.2, 0.25) is 0 Å². The van der Waals surface area contributed by atoms with E-state index in [1.165, 1.54) is 0 Å². The molecule has 0 bridgehead atoms. The number of nitrogen functional groups attached to an aromatic ring is 1. The standard InChI is InChI=1S/C26H36IN5O7/c27-17-9-7-8-16(12-17)14-38-24-19-23(30-26(28)31-24)32(15-29-19)10-5-3-1-2-4-6-11-37-25-22(36)21(35)20(34)18(13-33)39-25/h7-9,12,15,18,20-22,25,33-36H,1-6,10-11,13-14H2,(H2,28,30,31)/t18-,20-,21+,22-,25-/m1/s1. The van der Waals surface area contributed by atoms with E-state index in [1.54, 1.807) is 6.33 Å². The van der Waals surface area contributed by atoms with Crippen molar-refractivity contribution in [3.05, 3.63) is 39.7 Å². The van der Waals surface area contributed by atoms with Crippen molar-refractivity contribution in [2.45, 2.75) is 82.4 Å². The first-order chi connectivity index (χ1) is 18.9. The number of nitrogens with two attached hydrogens (primary N) is 1. The lowest BCUT2D eigenvalue weighted by Crippen LogP contribution is -2.59. The topological polar surface area (TPSA) is 178 Å². The van der Waals surface area contributed by atoms with Crippen LogP contribution in [0.3, 0.4) is 0 Å². The van der Waals surface area contributed by atoms with Crippen LogP contribution in [0, 0.1) is 3.57 Å². The van der Waals surface area contributed by atoms with E-state index in [0.29, 0.717) is 30.3 Å². The van der Waals surface area contributed by atoms with Gasteiger partial charge in [0.05, 0.1) is 12.9 Å². The predicted molar refractivity (Wildman–Crippen MR) is 151 cm³/mol. The summed E-state index contributed by atoms with van der Waals surface area (Å²) in [5.41, 5.74) is 8.24. The molecule has 0 unspecified atom stereocenters. The molecule has 39 heavy (non-hydrogen) atoms. The Morgan fingerprint density at radius 1 is 1.00 bits per heavy atom. The van der Waals surface area contributed by atoms with Gasteiger partial charge in [0.1, 0.15) is 31.0 Å². The van der Waals surface area contributed by atoms with Gasteiger partial charge < -0.3 is 44.9 Å². The normalized spacial score (nSPS) is 23.4. The highest BCUT2D eigenvalue weighted by molar-refractivity contribution is 14.1. The maximum atomic E-state index is 10.0. The molecular weight excluding hydrogens is 621 g/mol. The van der Waals surface area contributed by atoms with E-state index >= 15 is 0 Å². The Balaban J connectivity index is 1.15. The first-order valence-corrected chi connectivity index (χ1v) is 14.2. The number of anilines is 1. The summed E-state index contributed by atoms with van der Waals surface area (Å²) < 4.78 is 19.9. The van der Waals surface area contributed by atoms with Crippen molar-refractivity contribution in [1.82, 2.24) is 19.5 Å². The van der Waals surface area contributed by atoms with Gasteiger partial charge in [-0.3, -0.25) is 0 Å². The molecule has 3 aromatic rings. The zero-order valence-electron chi connectivity index (χ0n) is 21.6. The summed E-state index contributed by atoms with van der Waals surface area (Å²) in [4.78, 5) is 13.1. The Kier molecular flexibility index (Phi) is 11.1. The number of hydrogen-bond acceptors (Lipinski definition) is 11. The molecule has 0 radical (unpaired) electrons. The van der Waals surface area contributed by atoms with Crippen molar-refractivity contribution in [3.8, 4) is 5.88 Å². The minimum absolute atomic E-state index is 0.146. The van der Waals surface area contributed by atoms with Crippen molar-refractivity contribution in [1.29, 1.82) is 0 Å². The Hall–Kier alpha value is -2.14. The number of aliphatic hydroxyl groups excluding tert-OH is 4. The number of aromatic nitrogens is 4. The van der Waals surface area contributed by atoms with E-state index in [4.69, 9.17) is 19.9 Å². The van der Waals surface area contributed by atoms with Crippen LogP contribution in [0.1, 0.15) is 44.1 Å². The second-order valence-corrected chi connectivity index (χ2v) is 10.9. The number of ether oxygens (including phenoxy) is 3. The number of nitrogens with zero attached hydrogens (tertiary/aromatic N) is 4. The Labute approximate surface area is 240 Å². The molecule has 214 valence electrons. The van der Waals surface area contributed by atoms with Gasteiger partial charge in [-0.1, -0.05) is 37.8 Å². The van der Waals surface area contributed by atoms with Gasteiger partial charge in [0, 0.05) is 16.7 Å². The second kappa shape index (κ2) is 14.5. The molecule has 6 N–H and O–H groups in total. The number of fused-ring (bicyclic) bond motifs is 1. The van der Waals surface area contributed by atoms with E-state index in [1.807, 2.05) is 28.8 Å². The fraction of sp³-hybridized carbons (Fsp3) is 0.577. The third kappa shape index (κ3) is 7.96. The summed E-state index contributed by atoms with van der Waals surface area (Å²) in [7, 11) is 0. The smallest absolute Gasteiger partial charge is 0.247 e. The summed E-state index contributed by atoms with van der Waals surface area (Å²) in [5.74, 6) is 0.522. The molecule has 3 heterocycles. The van der Waals surface area contributed by atoms with Gasteiger partial charge in [-0.25, -0.2) is 4.98 Å². The third-order valence-electron chi connectivity index (χ3n) is 6.64. The molecule has 2 aromatic heterocycles. The molecular formula is C26H36IN5O7. The highest BCUT2D eigenvalue weighted by atomic mass is 127. The minimum Gasteiger partial charge on any atom is -0.471 e. The number of aliphatic hydroxyl groups is 4. The predicted octanol–water partition coefficient (Wildman–Crippen LogP) is 1.75. The summed E-state index contributed by atoms with van der Waals surface area (Å²) in [6.45, 7) is 0.994. The molecule has 0 spiro atoms. The third-order valence-corrected chi connectivity index (χ3v) is 7.31. The SMILES string of the molecule is Nc1nc(OCc2cccc(I)c2)c2ncn(CCCCCCCCO[C@@H]3O[C@H](CO)[C@@H](O)[C@H](O)[C@H]3O)c2n1. The van der Waals surface area contributed by atoms with Gasteiger partial charge in [-0.05, 0) is 53.1 Å². The van der Waals surface area contributed by atoms with Gasteiger partial charge >= 0.3 is 0 Å². The van der Waals surface area contributed by atoms with Crippen molar-refractivity contribution in [2.75, 3.05) is 18.9 Å². The van der Waals surface area contributed by atoms with Crippen LogP contribution >= 0.6 is 22.6 Å². The molecule has 1 aromatic carbocycles. The Bertz CT molecular complexity index is 1200. The molecule has 12 nitrogen and oxygen atoms in total. The summed E-state index contributed by atoms with van der Waals surface area (Å²) in [5, 5.41) is 38.9. The molecule has 1 fully saturated rings. The highest BCUT2D eigenvalue weighted by Crippen LogP contribution is 2.24. The maximum absolute atomic E-state index is 10.0. The van der Waals surface area contributed by atoms with E-state index < -0.39 is 37.3 Å². The van der Waals surface area contributed by atoms with Gasteiger partial charge in [-0.2, -0.15) is 9.97 Å².